The SMILES string of the molecule is O=C(NC1CCc2cn[nH]c2C1)c1ccc(Br)cc1. The van der Waals surface area contributed by atoms with Gasteiger partial charge in [-0.2, -0.15) is 5.10 Å². The second kappa shape index (κ2) is 5.17. The summed E-state index contributed by atoms with van der Waals surface area (Å²) in [5.74, 6) is -0.0135. The normalized spacial score (nSPS) is 17.8. The molecule has 0 bridgehead atoms. The summed E-state index contributed by atoms with van der Waals surface area (Å²) in [6, 6.07) is 7.59. The first kappa shape index (κ1) is 12.4. The highest BCUT2D eigenvalue weighted by Gasteiger charge is 2.21. The third-order valence-electron chi connectivity index (χ3n) is 3.46. The first-order valence-electron chi connectivity index (χ1n) is 6.30. The molecule has 19 heavy (non-hydrogen) atoms. The van der Waals surface area contributed by atoms with E-state index in [-0.39, 0.29) is 11.9 Å². The van der Waals surface area contributed by atoms with Crippen LogP contribution in [-0.4, -0.2) is 22.1 Å². The number of hydrogen-bond donors (Lipinski definition) is 2. The van der Waals surface area contributed by atoms with Crippen LogP contribution in [0.25, 0.3) is 0 Å². The number of benzene rings is 1. The van der Waals surface area contributed by atoms with E-state index in [1.165, 1.54) is 5.56 Å². The smallest absolute Gasteiger partial charge is 0.251 e. The Morgan fingerprint density at radius 1 is 1.37 bits per heavy atom. The Morgan fingerprint density at radius 3 is 2.95 bits per heavy atom. The predicted molar refractivity (Wildman–Crippen MR) is 76.0 cm³/mol. The molecule has 0 radical (unpaired) electrons. The van der Waals surface area contributed by atoms with E-state index < -0.39 is 0 Å². The van der Waals surface area contributed by atoms with Crippen LogP contribution < -0.4 is 5.32 Å². The van der Waals surface area contributed by atoms with Gasteiger partial charge in [0.05, 0.1) is 6.20 Å². The number of aromatic nitrogens is 2. The summed E-state index contributed by atoms with van der Waals surface area (Å²) in [5.41, 5.74) is 3.11. The average Bonchev–Trinajstić information content (AvgIpc) is 2.87. The van der Waals surface area contributed by atoms with E-state index in [2.05, 4.69) is 31.4 Å². The molecule has 2 N–H and O–H groups in total. The standard InChI is InChI=1S/C14H14BrN3O/c15-11-4-1-9(2-5-11)14(19)17-12-6-3-10-8-16-18-13(10)7-12/h1-2,4-5,8,12H,3,6-7H2,(H,16,18)(H,17,19). The van der Waals surface area contributed by atoms with Gasteiger partial charge in [0, 0.05) is 28.2 Å². The van der Waals surface area contributed by atoms with Gasteiger partial charge < -0.3 is 5.32 Å². The lowest BCUT2D eigenvalue weighted by Crippen LogP contribution is -2.38. The minimum absolute atomic E-state index is 0.0135. The van der Waals surface area contributed by atoms with Crippen LogP contribution in [0.3, 0.4) is 0 Å². The van der Waals surface area contributed by atoms with Crippen molar-refractivity contribution < 1.29 is 4.79 Å². The number of carbonyl (C=O) groups is 1. The number of H-pyrrole nitrogens is 1. The molecule has 3 rings (SSSR count). The lowest BCUT2D eigenvalue weighted by molar-refractivity contribution is 0.0933. The van der Waals surface area contributed by atoms with Crippen molar-refractivity contribution in [2.45, 2.75) is 25.3 Å². The summed E-state index contributed by atoms with van der Waals surface area (Å²) in [7, 11) is 0. The Hall–Kier alpha value is -1.62. The molecular formula is C14H14BrN3O. The van der Waals surface area contributed by atoms with Crippen molar-refractivity contribution in [1.82, 2.24) is 15.5 Å². The van der Waals surface area contributed by atoms with Crippen LogP contribution in [0.15, 0.2) is 34.9 Å². The summed E-state index contributed by atoms with van der Waals surface area (Å²) in [4.78, 5) is 12.1. The van der Waals surface area contributed by atoms with Crippen molar-refractivity contribution in [1.29, 1.82) is 0 Å². The molecule has 1 aromatic heterocycles. The van der Waals surface area contributed by atoms with Crippen molar-refractivity contribution in [3.05, 3.63) is 51.8 Å². The number of hydrogen-bond acceptors (Lipinski definition) is 2. The van der Waals surface area contributed by atoms with Crippen molar-refractivity contribution in [3.63, 3.8) is 0 Å². The zero-order valence-electron chi connectivity index (χ0n) is 10.3. The van der Waals surface area contributed by atoms with E-state index >= 15 is 0 Å². The molecule has 1 aliphatic carbocycles. The van der Waals surface area contributed by atoms with Gasteiger partial charge in [-0.3, -0.25) is 9.89 Å². The maximum Gasteiger partial charge on any atom is 0.251 e. The molecular weight excluding hydrogens is 306 g/mol. The molecule has 5 heteroatoms. The third kappa shape index (κ3) is 2.71. The highest BCUT2D eigenvalue weighted by atomic mass is 79.9. The van der Waals surface area contributed by atoms with Crippen LogP contribution in [0.5, 0.6) is 0 Å². The average molecular weight is 320 g/mol. The van der Waals surface area contributed by atoms with Gasteiger partial charge in [-0.15, -0.1) is 0 Å². The minimum Gasteiger partial charge on any atom is -0.349 e. The zero-order chi connectivity index (χ0) is 13.2. The van der Waals surface area contributed by atoms with Gasteiger partial charge in [0.15, 0.2) is 0 Å². The number of halogens is 1. The molecule has 0 fully saturated rings. The maximum absolute atomic E-state index is 12.1. The predicted octanol–water partition coefficient (Wildman–Crippen LogP) is 2.46. The molecule has 0 saturated heterocycles. The highest BCUT2D eigenvalue weighted by Crippen LogP contribution is 2.19. The number of nitrogens with zero attached hydrogens (tertiary/aromatic N) is 1. The number of aryl methyl sites for hydroxylation is 1. The number of fused-ring (bicyclic) bond motifs is 1. The fourth-order valence-electron chi connectivity index (χ4n) is 2.40. The van der Waals surface area contributed by atoms with Crippen molar-refractivity contribution >= 4 is 21.8 Å². The van der Waals surface area contributed by atoms with Crippen LogP contribution in [0.4, 0.5) is 0 Å². The second-order valence-corrected chi connectivity index (χ2v) is 5.71. The van der Waals surface area contributed by atoms with Gasteiger partial charge in [0.1, 0.15) is 0 Å². The monoisotopic (exact) mass is 319 g/mol. The third-order valence-corrected chi connectivity index (χ3v) is 3.99. The Labute approximate surface area is 119 Å². The van der Waals surface area contributed by atoms with Crippen LogP contribution in [0.1, 0.15) is 28.0 Å². The number of rotatable bonds is 2. The second-order valence-electron chi connectivity index (χ2n) is 4.79. The van der Waals surface area contributed by atoms with E-state index in [1.54, 1.807) is 0 Å². The molecule has 98 valence electrons. The number of aromatic amines is 1. The molecule has 1 heterocycles. The fourth-order valence-corrected chi connectivity index (χ4v) is 2.67. The number of carbonyl (C=O) groups excluding carboxylic acids is 1. The topological polar surface area (TPSA) is 57.8 Å². The molecule has 1 unspecified atom stereocenters. The Morgan fingerprint density at radius 2 is 2.16 bits per heavy atom. The Bertz CT molecular complexity index is 591. The maximum atomic E-state index is 12.1. The summed E-state index contributed by atoms with van der Waals surface area (Å²) < 4.78 is 0.976. The first-order chi connectivity index (χ1) is 9.22. The molecule has 2 aromatic rings. The van der Waals surface area contributed by atoms with Crippen molar-refractivity contribution in [3.8, 4) is 0 Å². The Balaban J connectivity index is 1.66. The minimum atomic E-state index is -0.0135. The van der Waals surface area contributed by atoms with Crippen LogP contribution >= 0.6 is 15.9 Å². The molecule has 0 spiro atoms. The van der Waals surface area contributed by atoms with E-state index in [9.17, 15) is 4.79 Å². The molecule has 1 amide bonds. The largest absolute Gasteiger partial charge is 0.349 e. The molecule has 1 atom stereocenters. The van der Waals surface area contributed by atoms with Gasteiger partial charge in [0.2, 0.25) is 0 Å². The van der Waals surface area contributed by atoms with E-state index in [0.29, 0.717) is 5.56 Å². The zero-order valence-corrected chi connectivity index (χ0v) is 11.9. The van der Waals surface area contributed by atoms with E-state index in [4.69, 9.17) is 0 Å². The molecule has 1 aromatic carbocycles. The van der Waals surface area contributed by atoms with Crippen molar-refractivity contribution in [2.75, 3.05) is 0 Å². The number of nitrogens with one attached hydrogen (secondary N) is 2. The fraction of sp³-hybridized carbons (Fsp3) is 0.286. The summed E-state index contributed by atoms with van der Waals surface area (Å²) in [6.07, 6.45) is 4.64. The number of amides is 1. The summed E-state index contributed by atoms with van der Waals surface area (Å²) >= 11 is 3.36. The summed E-state index contributed by atoms with van der Waals surface area (Å²) in [5, 5.41) is 10.1. The van der Waals surface area contributed by atoms with Gasteiger partial charge >= 0.3 is 0 Å². The summed E-state index contributed by atoms with van der Waals surface area (Å²) in [6.45, 7) is 0. The molecule has 1 aliphatic rings. The Kier molecular flexibility index (Phi) is 3.38. The van der Waals surface area contributed by atoms with Gasteiger partial charge in [-0.25, -0.2) is 0 Å². The van der Waals surface area contributed by atoms with Gasteiger partial charge in [-0.1, -0.05) is 15.9 Å². The lowest BCUT2D eigenvalue weighted by atomic mass is 9.93. The van der Waals surface area contributed by atoms with Crippen LogP contribution in [0, 0.1) is 0 Å². The van der Waals surface area contributed by atoms with Crippen LogP contribution in [0.2, 0.25) is 0 Å². The molecule has 4 nitrogen and oxygen atoms in total. The van der Waals surface area contributed by atoms with Gasteiger partial charge in [-0.05, 0) is 42.7 Å². The van der Waals surface area contributed by atoms with Crippen molar-refractivity contribution in [2.24, 2.45) is 0 Å². The van der Waals surface area contributed by atoms with E-state index in [1.807, 2.05) is 30.5 Å². The molecule has 0 aliphatic heterocycles. The quantitative estimate of drug-likeness (QED) is 0.893. The lowest BCUT2D eigenvalue weighted by Gasteiger charge is -2.22. The van der Waals surface area contributed by atoms with Crippen LogP contribution in [-0.2, 0) is 12.8 Å². The first-order valence-corrected chi connectivity index (χ1v) is 7.09. The highest BCUT2D eigenvalue weighted by molar-refractivity contribution is 9.10. The van der Waals surface area contributed by atoms with Gasteiger partial charge in [0.25, 0.3) is 5.91 Å². The molecule has 0 saturated carbocycles. The van der Waals surface area contributed by atoms with E-state index in [0.717, 1.165) is 29.4 Å².